The molecule has 2 saturated carbocycles. The lowest BCUT2D eigenvalue weighted by atomic mass is 9.76. The summed E-state index contributed by atoms with van der Waals surface area (Å²) in [5, 5.41) is 0.695. The number of ketones is 2. The van der Waals surface area contributed by atoms with Gasteiger partial charge in [-0.1, -0.05) is 30.3 Å². The van der Waals surface area contributed by atoms with E-state index < -0.39 is 5.41 Å². The molecule has 2 unspecified atom stereocenters. The number of amidine groups is 1. The number of fused-ring (bicyclic) bond motifs is 4. The van der Waals surface area contributed by atoms with Crippen LogP contribution >= 0.6 is 11.6 Å². The van der Waals surface area contributed by atoms with Crippen LogP contribution in [0.3, 0.4) is 0 Å². The number of benzene rings is 2. The molecule has 0 spiro atoms. The maximum absolute atomic E-state index is 11.6. The first-order chi connectivity index (χ1) is 17.3. The van der Waals surface area contributed by atoms with Gasteiger partial charge in [0.25, 0.3) is 0 Å². The Morgan fingerprint density at radius 1 is 1.11 bits per heavy atom. The predicted octanol–water partition coefficient (Wildman–Crippen LogP) is 4.45. The number of rotatable bonds is 1. The number of hydrogen-bond donors (Lipinski definition) is 0. The molecule has 0 aromatic heterocycles. The fourth-order valence-electron chi connectivity index (χ4n) is 5.30. The van der Waals surface area contributed by atoms with Crippen molar-refractivity contribution in [1.82, 2.24) is 9.80 Å². The number of hydrogen-bond acceptors (Lipinski definition) is 7. The molecule has 2 aliphatic heterocycles. The van der Waals surface area contributed by atoms with Gasteiger partial charge in [-0.15, -0.1) is 0 Å². The Morgan fingerprint density at radius 2 is 1.86 bits per heavy atom. The number of carbonyl (C=O) groups excluding carboxylic acids is 3. The predicted molar refractivity (Wildman–Crippen MR) is 138 cm³/mol. The third-order valence-corrected chi connectivity index (χ3v) is 7.59. The number of aliphatic imine (C=N–C) groups is 1. The Labute approximate surface area is 215 Å². The Morgan fingerprint density at radius 3 is 2.61 bits per heavy atom. The quantitative estimate of drug-likeness (QED) is 0.323. The van der Waals surface area contributed by atoms with Gasteiger partial charge < -0.3 is 19.3 Å². The molecule has 2 atom stereocenters. The molecule has 2 aromatic rings. The summed E-state index contributed by atoms with van der Waals surface area (Å²) >= 11 is 6.23. The van der Waals surface area contributed by atoms with E-state index in [9.17, 15) is 14.4 Å². The molecule has 1 saturated heterocycles. The van der Waals surface area contributed by atoms with Gasteiger partial charge in [0.15, 0.2) is 11.5 Å². The van der Waals surface area contributed by atoms with Gasteiger partial charge in [-0.3, -0.25) is 9.59 Å². The highest BCUT2D eigenvalue weighted by atomic mass is 35.5. The van der Waals surface area contributed by atoms with E-state index in [0.717, 1.165) is 54.8 Å². The Kier molecular flexibility index (Phi) is 6.53. The van der Waals surface area contributed by atoms with E-state index in [4.69, 9.17) is 21.3 Å². The van der Waals surface area contributed by atoms with E-state index in [1.807, 2.05) is 42.5 Å². The SMILES string of the molecule is C=C1C(=O)C2(C=O)CC(=O)CC1C2.CN1CCN(C2=Nc3ccccc3Oc3ccc(Cl)cc32)CC1. The molecule has 4 aliphatic rings. The third-order valence-electron chi connectivity index (χ3n) is 7.36. The van der Waals surface area contributed by atoms with Crippen molar-refractivity contribution >= 4 is 41.0 Å². The fraction of sp³-hybridized carbons (Fsp3) is 0.357. The molecule has 2 aromatic carbocycles. The summed E-state index contributed by atoms with van der Waals surface area (Å²) in [7, 11) is 2.15. The van der Waals surface area contributed by atoms with Crippen molar-refractivity contribution < 1.29 is 19.1 Å². The lowest BCUT2D eigenvalue weighted by Gasteiger charge is -2.34. The first-order valence-electron chi connectivity index (χ1n) is 12.1. The topological polar surface area (TPSA) is 79.3 Å². The van der Waals surface area contributed by atoms with Crippen molar-refractivity contribution in [2.45, 2.75) is 19.3 Å². The van der Waals surface area contributed by atoms with Crippen LogP contribution in [-0.4, -0.2) is 66.7 Å². The van der Waals surface area contributed by atoms with Gasteiger partial charge in [-0.05, 0) is 55.3 Å². The number of nitrogens with zero attached hydrogens (tertiary/aromatic N) is 3. The summed E-state index contributed by atoms with van der Waals surface area (Å²) in [4.78, 5) is 43.2. The molecular formula is C28H28ClN3O4. The molecule has 8 heteroatoms. The number of Topliss-reactive ketones (excluding diaryl/α,β-unsaturated/α-hetero) is 2. The molecular weight excluding hydrogens is 478 g/mol. The summed E-state index contributed by atoms with van der Waals surface area (Å²) in [5.74, 6) is 2.26. The number of likely N-dealkylation sites (N-methyl/N-ethyl adjacent to an activating group) is 1. The van der Waals surface area contributed by atoms with Crippen LogP contribution in [0.2, 0.25) is 5.02 Å². The molecule has 36 heavy (non-hydrogen) atoms. The normalized spacial score (nSPS) is 25.1. The lowest BCUT2D eigenvalue weighted by Crippen LogP contribution is -2.47. The van der Waals surface area contributed by atoms with Crippen LogP contribution in [0, 0.1) is 11.3 Å². The van der Waals surface area contributed by atoms with Gasteiger partial charge in [0.1, 0.15) is 29.3 Å². The van der Waals surface area contributed by atoms with Gasteiger partial charge in [0, 0.05) is 44.0 Å². The highest BCUT2D eigenvalue weighted by Crippen LogP contribution is 2.48. The highest BCUT2D eigenvalue weighted by Gasteiger charge is 2.54. The number of aldehydes is 1. The van der Waals surface area contributed by atoms with Crippen molar-refractivity contribution in [3.8, 4) is 11.5 Å². The molecule has 0 amide bonds. The zero-order chi connectivity index (χ0) is 25.4. The van der Waals surface area contributed by atoms with Gasteiger partial charge in [-0.2, -0.15) is 0 Å². The lowest BCUT2D eigenvalue weighted by molar-refractivity contribution is -0.137. The van der Waals surface area contributed by atoms with Crippen molar-refractivity contribution in [2.24, 2.45) is 16.3 Å². The molecule has 186 valence electrons. The minimum atomic E-state index is -1.03. The second-order valence-electron chi connectivity index (χ2n) is 9.88. The second-order valence-corrected chi connectivity index (χ2v) is 10.3. The van der Waals surface area contributed by atoms with Crippen LogP contribution in [0.4, 0.5) is 5.69 Å². The van der Waals surface area contributed by atoms with E-state index in [1.54, 1.807) is 0 Å². The molecule has 2 aliphatic carbocycles. The van der Waals surface area contributed by atoms with Crippen LogP contribution < -0.4 is 4.74 Å². The minimum absolute atomic E-state index is 0.00958. The molecule has 2 bridgehead atoms. The number of ether oxygens (including phenoxy) is 1. The Hall–Kier alpha value is -3.29. The smallest absolute Gasteiger partial charge is 0.172 e. The molecule has 3 fully saturated rings. The average molecular weight is 506 g/mol. The highest BCUT2D eigenvalue weighted by molar-refractivity contribution is 6.31. The van der Waals surface area contributed by atoms with Crippen molar-refractivity contribution in [2.75, 3.05) is 33.2 Å². The van der Waals surface area contributed by atoms with E-state index >= 15 is 0 Å². The number of carbonyl (C=O) groups is 3. The van der Waals surface area contributed by atoms with Gasteiger partial charge in [-0.25, -0.2) is 4.99 Å². The first kappa shape index (κ1) is 24.4. The monoisotopic (exact) mass is 505 g/mol. The van der Waals surface area contributed by atoms with E-state index in [-0.39, 0.29) is 23.9 Å². The summed E-state index contributed by atoms with van der Waals surface area (Å²) < 4.78 is 6.09. The second kappa shape index (κ2) is 9.64. The van der Waals surface area contributed by atoms with Crippen LogP contribution in [0.15, 0.2) is 59.6 Å². The van der Waals surface area contributed by atoms with Crippen molar-refractivity contribution in [3.63, 3.8) is 0 Å². The fourth-order valence-corrected chi connectivity index (χ4v) is 5.48. The number of piperazine rings is 1. The molecule has 6 rings (SSSR count). The standard InChI is InChI=1S/C18H18ClN3O.C10H10O3/c1-21-8-10-22(11-9-21)18-14-12-13(19)6-7-16(14)23-17-5-3-2-4-15(17)20-18;1-6-7-2-8(12)4-10(3-7,5-11)9(6)13/h2-7,12H,8-11H2,1H3;5,7H,1-4H2. The van der Waals surface area contributed by atoms with Gasteiger partial charge in [0.2, 0.25) is 0 Å². The van der Waals surface area contributed by atoms with Crippen LogP contribution in [0.25, 0.3) is 0 Å². The van der Waals surface area contributed by atoms with Gasteiger partial charge in [0.05, 0.1) is 11.0 Å². The molecule has 2 heterocycles. The van der Waals surface area contributed by atoms with E-state index in [0.29, 0.717) is 29.7 Å². The Bertz CT molecular complexity index is 1280. The number of para-hydroxylation sites is 2. The Balaban J connectivity index is 0.000000174. The maximum atomic E-state index is 11.6. The largest absolute Gasteiger partial charge is 0.454 e. The van der Waals surface area contributed by atoms with Crippen LogP contribution in [0.5, 0.6) is 11.5 Å². The molecule has 7 nitrogen and oxygen atoms in total. The average Bonchev–Trinajstić information content (AvgIpc) is 2.99. The summed E-state index contributed by atoms with van der Waals surface area (Å²) in [5.41, 5.74) is 1.25. The summed E-state index contributed by atoms with van der Waals surface area (Å²) in [6.45, 7) is 7.59. The number of halogens is 1. The van der Waals surface area contributed by atoms with Crippen molar-refractivity contribution in [1.29, 1.82) is 0 Å². The molecule has 0 radical (unpaired) electrons. The van der Waals surface area contributed by atoms with Crippen molar-refractivity contribution in [3.05, 3.63) is 65.2 Å². The molecule has 0 N–H and O–H groups in total. The third kappa shape index (κ3) is 4.49. The van der Waals surface area contributed by atoms with Gasteiger partial charge >= 0.3 is 0 Å². The maximum Gasteiger partial charge on any atom is 0.172 e. The zero-order valence-corrected chi connectivity index (χ0v) is 21.0. The van der Waals surface area contributed by atoms with E-state index in [1.165, 1.54) is 0 Å². The van der Waals surface area contributed by atoms with E-state index in [2.05, 4.69) is 23.4 Å². The first-order valence-corrected chi connectivity index (χ1v) is 12.5. The van der Waals surface area contributed by atoms with Crippen LogP contribution in [-0.2, 0) is 14.4 Å². The zero-order valence-electron chi connectivity index (χ0n) is 20.2. The number of allylic oxidation sites excluding steroid dienone is 1. The minimum Gasteiger partial charge on any atom is -0.454 e. The van der Waals surface area contributed by atoms with Crippen LogP contribution in [0.1, 0.15) is 24.8 Å². The summed E-state index contributed by atoms with van der Waals surface area (Å²) in [6.07, 6.45) is 1.61. The summed E-state index contributed by atoms with van der Waals surface area (Å²) in [6, 6.07) is 13.6.